The zero-order valence-corrected chi connectivity index (χ0v) is 10.4. The molecule has 19 heavy (non-hydrogen) atoms. The van der Waals surface area contributed by atoms with Crippen molar-refractivity contribution in [3.05, 3.63) is 58.9 Å². The molecule has 3 nitrogen and oxygen atoms in total. The summed E-state index contributed by atoms with van der Waals surface area (Å²) in [6.45, 7) is 2.30. The van der Waals surface area contributed by atoms with Crippen LogP contribution in [0.2, 0.25) is 0 Å². The van der Waals surface area contributed by atoms with E-state index in [0.717, 1.165) is 16.8 Å². The average molecular weight is 256 g/mol. The van der Waals surface area contributed by atoms with E-state index in [4.69, 9.17) is 5.26 Å². The summed E-state index contributed by atoms with van der Waals surface area (Å²) in [6.07, 6.45) is 0. The second-order valence-electron chi connectivity index (χ2n) is 4.28. The Kier molecular flexibility index (Phi) is 3.67. The second kappa shape index (κ2) is 5.40. The molecule has 4 heteroatoms. The van der Waals surface area contributed by atoms with Gasteiger partial charge in [-0.15, -0.1) is 0 Å². The van der Waals surface area contributed by atoms with Gasteiger partial charge in [-0.3, -0.25) is 0 Å². The van der Waals surface area contributed by atoms with Gasteiger partial charge in [-0.05, 0) is 48.4 Å². The van der Waals surface area contributed by atoms with Crippen molar-refractivity contribution in [2.45, 2.75) is 13.5 Å². The van der Waals surface area contributed by atoms with Crippen LogP contribution in [0, 0.1) is 24.1 Å². The van der Waals surface area contributed by atoms with Crippen LogP contribution >= 0.6 is 0 Å². The Morgan fingerprint density at radius 3 is 2.74 bits per heavy atom. The molecular weight excluding hydrogens is 243 g/mol. The summed E-state index contributed by atoms with van der Waals surface area (Å²) in [6, 6.07) is 11.5. The van der Waals surface area contributed by atoms with E-state index < -0.39 is 5.82 Å². The molecule has 0 aliphatic heterocycles. The van der Waals surface area contributed by atoms with Gasteiger partial charge in [0, 0.05) is 12.2 Å². The molecule has 0 fully saturated rings. The second-order valence-corrected chi connectivity index (χ2v) is 4.28. The lowest BCUT2D eigenvalue weighted by atomic mass is 10.1. The average Bonchev–Trinajstić information content (AvgIpc) is 2.41. The molecule has 2 aromatic carbocycles. The zero-order chi connectivity index (χ0) is 13.8. The highest BCUT2D eigenvalue weighted by molar-refractivity contribution is 5.50. The van der Waals surface area contributed by atoms with Gasteiger partial charge in [-0.25, -0.2) is 4.39 Å². The van der Waals surface area contributed by atoms with E-state index >= 15 is 0 Å². The Balaban J connectivity index is 2.10. The molecule has 2 rings (SSSR count). The smallest absolute Gasteiger partial charge is 0.140 e. The number of halogens is 1. The van der Waals surface area contributed by atoms with Crippen molar-refractivity contribution < 1.29 is 9.50 Å². The molecule has 0 aliphatic rings. The van der Waals surface area contributed by atoms with Crippen LogP contribution in [0.1, 0.15) is 16.7 Å². The highest BCUT2D eigenvalue weighted by Gasteiger charge is 2.03. The SMILES string of the molecule is Cc1cc(NCc2ccc(F)c(C#N)c2)ccc1O. The first kappa shape index (κ1) is 12.9. The number of nitrogens with one attached hydrogen (secondary N) is 1. The number of nitrogens with zero attached hydrogens (tertiary/aromatic N) is 1. The molecule has 0 aromatic heterocycles. The first-order chi connectivity index (χ1) is 9.10. The molecular formula is C15H13FN2O. The number of nitriles is 1. The van der Waals surface area contributed by atoms with E-state index in [1.54, 1.807) is 18.2 Å². The van der Waals surface area contributed by atoms with Crippen molar-refractivity contribution in [1.82, 2.24) is 0 Å². The van der Waals surface area contributed by atoms with Crippen LogP contribution in [0.5, 0.6) is 5.75 Å². The topological polar surface area (TPSA) is 56.0 Å². The number of phenolic OH excluding ortho intramolecular Hbond substituents is 1. The molecule has 0 radical (unpaired) electrons. The number of anilines is 1. The summed E-state index contributed by atoms with van der Waals surface area (Å²) in [7, 11) is 0. The Morgan fingerprint density at radius 1 is 1.26 bits per heavy atom. The maximum atomic E-state index is 13.2. The quantitative estimate of drug-likeness (QED) is 0.828. The lowest BCUT2D eigenvalue weighted by molar-refractivity contribution is 0.471. The van der Waals surface area contributed by atoms with Gasteiger partial charge in [-0.1, -0.05) is 6.07 Å². The minimum absolute atomic E-state index is 0.0428. The number of aromatic hydroxyl groups is 1. The fourth-order valence-electron chi connectivity index (χ4n) is 1.74. The minimum atomic E-state index is -0.508. The van der Waals surface area contributed by atoms with Gasteiger partial charge in [0.25, 0.3) is 0 Å². The number of rotatable bonds is 3. The largest absolute Gasteiger partial charge is 0.508 e. The number of hydrogen-bond donors (Lipinski definition) is 2. The van der Waals surface area contributed by atoms with Gasteiger partial charge in [0.1, 0.15) is 17.6 Å². The number of aryl methyl sites for hydroxylation is 1. The fourth-order valence-corrected chi connectivity index (χ4v) is 1.74. The molecule has 0 saturated carbocycles. The normalized spacial score (nSPS) is 9.95. The molecule has 2 aromatic rings. The fraction of sp³-hybridized carbons (Fsp3) is 0.133. The van der Waals surface area contributed by atoms with Gasteiger partial charge in [0.05, 0.1) is 5.56 Å². The van der Waals surface area contributed by atoms with Crippen LogP contribution in [0.25, 0.3) is 0 Å². The summed E-state index contributed by atoms with van der Waals surface area (Å²) in [5.74, 6) is -0.258. The summed E-state index contributed by atoms with van der Waals surface area (Å²) >= 11 is 0. The van der Waals surface area contributed by atoms with Gasteiger partial charge in [-0.2, -0.15) is 5.26 Å². The van der Waals surface area contributed by atoms with Crippen molar-refractivity contribution in [3.63, 3.8) is 0 Å². The first-order valence-corrected chi connectivity index (χ1v) is 5.82. The van der Waals surface area contributed by atoms with Gasteiger partial charge in [0.2, 0.25) is 0 Å². The molecule has 0 spiro atoms. The Morgan fingerprint density at radius 2 is 2.05 bits per heavy atom. The van der Waals surface area contributed by atoms with Crippen LogP contribution in [0.15, 0.2) is 36.4 Å². The van der Waals surface area contributed by atoms with Crippen molar-refractivity contribution >= 4 is 5.69 Å². The first-order valence-electron chi connectivity index (χ1n) is 5.82. The van der Waals surface area contributed by atoms with Crippen LogP contribution in [0.4, 0.5) is 10.1 Å². The van der Waals surface area contributed by atoms with Crippen LogP contribution in [0.3, 0.4) is 0 Å². The highest BCUT2D eigenvalue weighted by atomic mass is 19.1. The van der Waals surface area contributed by atoms with Crippen molar-refractivity contribution in [2.24, 2.45) is 0 Å². The van der Waals surface area contributed by atoms with E-state index in [2.05, 4.69) is 5.32 Å². The maximum Gasteiger partial charge on any atom is 0.140 e. The minimum Gasteiger partial charge on any atom is -0.508 e. The maximum absolute atomic E-state index is 13.2. The molecule has 96 valence electrons. The lowest BCUT2D eigenvalue weighted by Gasteiger charge is -2.08. The number of phenols is 1. The molecule has 2 N–H and O–H groups in total. The van der Waals surface area contributed by atoms with Crippen LogP contribution < -0.4 is 5.32 Å². The number of hydrogen-bond acceptors (Lipinski definition) is 3. The monoisotopic (exact) mass is 256 g/mol. The van der Waals surface area contributed by atoms with E-state index in [9.17, 15) is 9.50 Å². The highest BCUT2D eigenvalue weighted by Crippen LogP contribution is 2.20. The van der Waals surface area contributed by atoms with E-state index in [0.29, 0.717) is 6.54 Å². The van der Waals surface area contributed by atoms with Gasteiger partial charge < -0.3 is 10.4 Å². The van der Waals surface area contributed by atoms with E-state index in [-0.39, 0.29) is 11.3 Å². The van der Waals surface area contributed by atoms with Crippen molar-refractivity contribution in [2.75, 3.05) is 5.32 Å². The van der Waals surface area contributed by atoms with Crippen molar-refractivity contribution in [3.8, 4) is 11.8 Å². The van der Waals surface area contributed by atoms with Crippen LogP contribution in [-0.4, -0.2) is 5.11 Å². The molecule has 0 atom stereocenters. The molecule has 0 bridgehead atoms. The van der Waals surface area contributed by atoms with E-state index in [1.807, 2.05) is 19.1 Å². The molecule has 0 heterocycles. The third-order valence-electron chi connectivity index (χ3n) is 2.84. The lowest BCUT2D eigenvalue weighted by Crippen LogP contribution is -2.00. The molecule has 0 unspecified atom stereocenters. The predicted molar refractivity (Wildman–Crippen MR) is 71.3 cm³/mol. The summed E-state index contributed by atoms with van der Waals surface area (Å²) in [5.41, 5.74) is 2.50. The zero-order valence-electron chi connectivity index (χ0n) is 10.4. The standard InChI is InChI=1S/C15H13FN2O/c1-10-6-13(3-5-15(10)19)18-9-11-2-4-14(16)12(7-11)8-17/h2-7,18-19H,9H2,1H3. The van der Waals surface area contributed by atoms with Crippen molar-refractivity contribution in [1.29, 1.82) is 5.26 Å². The third-order valence-corrected chi connectivity index (χ3v) is 2.84. The van der Waals surface area contributed by atoms with Gasteiger partial charge >= 0.3 is 0 Å². The molecule has 0 amide bonds. The molecule has 0 saturated heterocycles. The Labute approximate surface area is 110 Å². The van der Waals surface area contributed by atoms with Crippen LogP contribution in [-0.2, 0) is 6.54 Å². The predicted octanol–water partition coefficient (Wildman–Crippen LogP) is 3.32. The van der Waals surface area contributed by atoms with Gasteiger partial charge in [0.15, 0.2) is 0 Å². The Hall–Kier alpha value is -2.54. The summed E-state index contributed by atoms with van der Waals surface area (Å²) < 4.78 is 13.2. The Bertz CT molecular complexity index is 647. The third kappa shape index (κ3) is 3.02. The molecule has 0 aliphatic carbocycles. The summed E-state index contributed by atoms with van der Waals surface area (Å²) in [5, 5.41) is 21.3. The number of benzene rings is 2. The van der Waals surface area contributed by atoms with E-state index in [1.165, 1.54) is 12.1 Å². The summed E-state index contributed by atoms with van der Waals surface area (Å²) in [4.78, 5) is 0.